The molecular formula is C9H12NNaO4S2. The van der Waals surface area contributed by atoms with Crippen LogP contribution in [0, 0.1) is 5.92 Å². The summed E-state index contributed by atoms with van der Waals surface area (Å²) in [6, 6.07) is 0. The second-order valence-electron chi connectivity index (χ2n) is 3.99. The van der Waals surface area contributed by atoms with Crippen LogP contribution in [0.25, 0.3) is 0 Å². The van der Waals surface area contributed by atoms with Crippen molar-refractivity contribution in [1.29, 1.82) is 0 Å². The van der Waals surface area contributed by atoms with E-state index >= 15 is 0 Å². The molecule has 0 aliphatic carbocycles. The van der Waals surface area contributed by atoms with Crippen LogP contribution < -0.4 is 34.7 Å². The van der Waals surface area contributed by atoms with Crippen molar-refractivity contribution in [2.75, 3.05) is 12.8 Å². The summed E-state index contributed by atoms with van der Waals surface area (Å²) in [6.07, 6.45) is 0.956. The van der Waals surface area contributed by atoms with Gasteiger partial charge in [-0.1, -0.05) is 0 Å². The molecule has 17 heavy (non-hydrogen) atoms. The Labute approximate surface area is 130 Å². The van der Waals surface area contributed by atoms with E-state index in [-0.39, 0.29) is 47.4 Å². The summed E-state index contributed by atoms with van der Waals surface area (Å²) < 4.78 is -1.08. The maximum Gasteiger partial charge on any atom is 1.00 e. The third-order valence-electron chi connectivity index (χ3n) is 3.03. The van der Waals surface area contributed by atoms with Crippen LogP contribution in [0.4, 0.5) is 0 Å². The first-order chi connectivity index (χ1) is 7.43. The molecule has 0 bridgehead atoms. The summed E-state index contributed by atoms with van der Waals surface area (Å²) >= 11 is 2.38. The Bertz CT molecular complexity index is 354. The minimum absolute atomic E-state index is 0. The van der Waals surface area contributed by atoms with Crippen LogP contribution in [0.3, 0.4) is 0 Å². The zero-order chi connectivity index (χ0) is 12.1. The molecule has 0 radical (unpaired) electrons. The summed E-state index contributed by atoms with van der Waals surface area (Å²) in [5.74, 6) is -1.79. The molecule has 1 unspecified atom stereocenters. The van der Waals surface area contributed by atoms with Crippen LogP contribution in [0.5, 0.6) is 0 Å². The van der Waals surface area contributed by atoms with Gasteiger partial charge in [0.05, 0.1) is 29.9 Å². The van der Waals surface area contributed by atoms with Crippen LogP contribution in [-0.4, -0.2) is 50.2 Å². The predicted molar refractivity (Wildman–Crippen MR) is 59.5 cm³/mol. The summed E-state index contributed by atoms with van der Waals surface area (Å²) in [5, 5.41) is 20.3. The number of rotatable bonds is 3. The normalized spacial score (nSPS) is 36.9. The van der Waals surface area contributed by atoms with Gasteiger partial charge in [0.2, 0.25) is 5.91 Å². The van der Waals surface area contributed by atoms with E-state index in [1.54, 1.807) is 13.2 Å². The molecule has 0 spiro atoms. The van der Waals surface area contributed by atoms with Gasteiger partial charge in [-0.05, 0) is 13.2 Å². The van der Waals surface area contributed by atoms with E-state index in [0.29, 0.717) is 0 Å². The number of carbonyl (C=O) groups is 2. The molecule has 90 valence electrons. The largest absolute Gasteiger partial charge is 1.00 e. The van der Waals surface area contributed by atoms with Gasteiger partial charge in [0.1, 0.15) is 4.08 Å². The van der Waals surface area contributed by atoms with E-state index in [1.807, 2.05) is 0 Å². The SMILES string of the molecule is CS[C@]1(C(=O)[O-])CN2C(=O)[C@@H](C(C)O)[C@H]2S1.[Na+]. The second-order valence-corrected chi connectivity index (χ2v) is 6.76. The molecule has 2 heterocycles. The van der Waals surface area contributed by atoms with Crippen molar-refractivity contribution in [1.82, 2.24) is 4.90 Å². The standard InChI is InChI=1S/C9H13NO4S2.Na/c1-4(11)5-6(12)10-3-9(15-2,8(13)14)16-7(5)10;/h4-5,7,11H,3H2,1-2H3,(H,13,14);/q;+1/p-1/t4?,5-,7-,9-;/m1./s1. The number of aliphatic hydroxyl groups excluding tert-OH is 1. The van der Waals surface area contributed by atoms with Crippen LogP contribution in [0.2, 0.25) is 0 Å². The Kier molecular flexibility index (Phi) is 4.88. The average molecular weight is 285 g/mol. The molecule has 5 nitrogen and oxygen atoms in total. The fourth-order valence-electron chi connectivity index (χ4n) is 2.07. The number of nitrogens with zero attached hydrogens (tertiary/aromatic N) is 1. The molecule has 2 aliphatic heterocycles. The summed E-state index contributed by atoms with van der Waals surface area (Å²) in [7, 11) is 0. The molecule has 8 heteroatoms. The van der Waals surface area contributed by atoms with E-state index < -0.39 is 22.1 Å². The molecule has 4 atom stereocenters. The predicted octanol–water partition coefficient (Wildman–Crippen LogP) is -4.29. The van der Waals surface area contributed by atoms with Crippen LogP contribution >= 0.6 is 23.5 Å². The summed E-state index contributed by atoms with van der Waals surface area (Å²) in [4.78, 5) is 24.3. The molecular weight excluding hydrogens is 273 g/mol. The number of carbonyl (C=O) groups excluding carboxylic acids is 2. The molecule has 0 aromatic carbocycles. The maximum absolute atomic E-state index is 11.6. The number of aliphatic hydroxyl groups is 1. The number of β-lactam (4-membered cyclic amide) rings is 1. The third-order valence-corrected chi connectivity index (χ3v) is 6.24. The Balaban J connectivity index is 0.00000144. The Morgan fingerprint density at radius 2 is 2.35 bits per heavy atom. The van der Waals surface area contributed by atoms with Crippen molar-refractivity contribution in [3.8, 4) is 0 Å². The number of aliphatic carboxylic acids is 1. The average Bonchev–Trinajstić information content (AvgIpc) is 2.53. The van der Waals surface area contributed by atoms with E-state index in [0.717, 1.165) is 0 Å². The minimum Gasteiger partial charge on any atom is -0.548 e. The van der Waals surface area contributed by atoms with E-state index in [4.69, 9.17) is 0 Å². The monoisotopic (exact) mass is 285 g/mol. The maximum atomic E-state index is 11.6. The zero-order valence-electron chi connectivity index (χ0n) is 9.87. The number of carboxylic acids is 1. The van der Waals surface area contributed by atoms with Crippen LogP contribution in [0.15, 0.2) is 0 Å². The Morgan fingerprint density at radius 1 is 1.76 bits per heavy atom. The quantitative estimate of drug-likeness (QED) is 0.417. The number of fused-ring (bicyclic) bond motifs is 1. The molecule has 2 saturated heterocycles. The minimum atomic E-state index is -1.16. The molecule has 2 fully saturated rings. The molecule has 0 aromatic rings. The van der Waals surface area contributed by atoms with Gasteiger partial charge in [0.15, 0.2) is 0 Å². The van der Waals surface area contributed by atoms with E-state index in [2.05, 4.69) is 0 Å². The topological polar surface area (TPSA) is 80.7 Å². The van der Waals surface area contributed by atoms with Crippen molar-refractivity contribution >= 4 is 35.4 Å². The fourth-order valence-corrected chi connectivity index (χ4v) is 4.68. The number of hydrogen-bond acceptors (Lipinski definition) is 6. The van der Waals surface area contributed by atoms with Gasteiger partial charge >= 0.3 is 29.6 Å². The van der Waals surface area contributed by atoms with E-state index in [9.17, 15) is 19.8 Å². The number of thioether (sulfide) groups is 2. The number of carboxylic acid groups (broad SMARTS) is 1. The van der Waals surface area contributed by atoms with Crippen LogP contribution in [-0.2, 0) is 9.59 Å². The summed E-state index contributed by atoms with van der Waals surface area (Å²) in [6.45, 7) is 1.71. The second kappa shape index (κ2) is 5.30. The first-order valence-electron chi connectivity index (χ1n) is 4.86. The Hall–Kier alpha value is 0.600. The fraction of sp³-hybridized carbons (Fsp3) is 0.778. The van der Waals surface area contributed by atoms with Crippen molar-refractivity contribution in [3.05, 3.63) is 0 Å². The Morgan fingerprint density at radius 3 is 2.76 bits per heavy atom. The number of amides is 1. The molecule has 2 aliphatic rings. The van der Waals surface area contributed by atoms with Gasteiger partial charge in [0, 0.05) is 0 Å². The van der Waals surface area contributed by atoms with E-state index in [1.165, 1.54) is 28.4 Å². The van der Waals surface area contributed by atoms with Gasteiger partial charge in [-0.15, -0.1) is 23.5 Å². The number of hydrogen-bond donors (Lipinski definition) is 1. The first kappa shape index (κ1) is 15.7. The zero-order valence-corrected chi connectivity index (χ0v) is 13.5. The first-order valence-corrected chi connectivity index (χ1v) is 6.96. The molecule has 0 saturated carbocycles. The molecule has 0 aromatic heterocycles. The van der Waals surface area contributed by atoms with Gasteiger partial charge in [-0.25, -0.2) is 0 Å². The van der Waals surface area contributed by atoms with Gasteiger partial charge in [-0.3, -0.25) is 4.79 Å². The van der Waals surface area contributed by atoms with Gasteiger partial charge in [0.25, 0.3) is 0 Å². The van der Waals surface area contributed by atoms with Crippen molar-refractivity contribution < 1.29 is 49.4 Å². The summed E-state index contributed by atoms with van der Waals surface area (Å²) in [5.41, 5.74) is 0. The van der Waals surface area contributed by atoms with Crippen LogP contribution in [0.1, 0.15) is 6.92 Å². The molecule has 1 N–H and O–H groups in total. The smallest absolute Gasteiger partial charge is 0.548 e. The third kappa shape index (κ3) is 2.26. The molecule has 1 amide bonds. The van der Waals surface area contributed by atoms with Crippen molar-refractivity contribution in [2.24, 2.45) is 5.92 Å². The van der Waals surface area contributed by atoms with Crippen molar-refractivity contribution in [3.63, 3.8) is 0 Å². The van der Waals surface area contributed by atoms with Gasteiger partial charge < -0.3 is 19.9 Å². The molecule has 2 rings (SSSR count). The van der Waals surface area contributed by atoms with Crippen molar-refractivity contribution in [2.45, 2.75) is 22.5 Å². The van der Waals surface area contributed by atoms with Gasteiger partial charge in [-0.2, -0.15) is 0 Å².